The standard InChI is InChI=1S/C26H45N/c1-3-5-6-7-8-9-10-11-12-13-14-15-16-17-21-24-27-26(4-2)25-22-19-18-20-23-25/h4,18-20,22-23,26-27H,2-3,5-17,21,24H2,1H3. The smallest absolute Gasteiger partial charge is 0.0503 e. The van der Waals surface area contributed by atoms with Gasteiger partial charge in [-0.2, -0.15) is 0 Å². The van der Waals surface area contributed by atoms with Gasteiger partial charge in [0.1, 0.15) is 0 Å². The van der Waals surface area contributed by atoms with Crippen LogP contribution in [0.3, 0.4) is 0 Å². The molecular formula is C26H45N. The quantitative estimate of drug-likeness (QED) is 0.190. The summed E-state index contributed by atoms with van der Waals surface area (Å²) >= 11 is 0. The van der Waals surface area contributed by atoms with E-state index in [9.17, 15) is 0 Å². The molecular weight excluding hydrogens is 326 g/mol. The highest BCUT2D eigenvalue weighted by atomic mass is 14.9. The van der Waals surface area contributed by atoms with Crippen molar-refractivity contribution < 1.29 is 0 Å². The lowest BCUT2D eigenvalue weighted by molar-refractivity contribution is 0.522. The first-order valence-electron chi connectivity index (χ1n) is 11.8. The first-order chi connectivity index (χ1) is 13.4. The zero-order valence-corrected chi connectivity index (χ0v) is 18.1. The maximum Gasteiger partial charge on any atom is 0.0503 e. The molecule has 1 heteroatoms. The molecule has 0 fully saturated rings. The Morgan fingerprint density at radius 2 is 1.15 bits per heavy atom. The van der Waals surface area contributed by atoms with Crippen molar-refractivity contribution in [2.45, 2.75) is 109 Å². The van der Waals surface area contributed by atoms with Crippen molar-refractivity contribution in [2.24, 2.45) is 0 Å². The van der Waals surface area contributed by atoms with Gasteiger partial charge < -0.3 is 5.32 Å². The molecule has 0 aliphatic carbocycles. The van der Waals surface area contributed by atoms with E-state index in [4.69, 9.17) is 0 Å². The number of hydrogen-bond acceptors (Lipinski definition) is 1. The topological polar surface area (TPSA) is 12.0 Å². The van der Waals surface area contributed by atoms with E-state index in [0.29, 0.717) is 0 Å². The Kier molecular flexibility index (Phi) is 16.2. The Morgan fingerprint density at radius 1 is 0.704 bits per heavy atom. The minimum atomic E-state index is 0.290. The molecule has 1 aromatic carbocycles. The molecule has 154 valence electrons. The number of nitrogens with one attached hydrogen (secondary N) is 1. The van der Waals surface area contributed by atoms with E-state index in [2.05, 4.69) is 49.2 Å². The number of benzene rings is 1. The van der Waals surface area contributed by atoms with Gasteiger partial charge in [-0.3, -0.25) is 0 Å². The van der Waals surface area contributed by atoms with Crippen molar-refractivity contribution >= 4 is 0 Å². The van der Waals surface area contributed by atoms with Crippen LogP contribution in [-0.2, 0) is 0 Å². The summed E-state index contributed by atoms with van der Waals surface area (Å²) in [6, 6.07) is 10.9. The van der Waals surface area contributed by atoms with E-state index in [-0.39, 0.29) is 6.04 Å². The number of unbranched alkanes of at least 4 members (excludes halogenated alkanes) is 14. The van der Waals surface area contributed by atoms with Crippen LogP contribution in [0.25, 0.3) is 0 Å². The Balaban J connectivity index is 1.82. The molecule has 1 atom stereocenters. The van der Waals surface area contributed by atoms with Gasteiger partial charge in [0.25, 0.3) is 0 Å². The molecule has 0 aliphatic rings. The minimum absolute atomic E-state index is 0.290. The lowest BCUT2D eigenvalue weighted by Crippen LogP contribution is -2.20. The summed E-state index contributed by atoms with van der Waals surface area (Å²) in [6.07, 6.45) is 23.3. The second kappa shape index (κ2) is 18.3. The molecule has 1 aromatic rings. The molecule has 0 saturated carbocycles. The van der Waals surface area contributed by atoms with E-state index in [1.807, 2.05) is 6.08 Å². The molecule has 0 radical (unpaired) electrons. The van der Waals surface area contributed by atoms with Gasteiger partial charge in [-0.25, -0.2) is 0 Å². The summed E-state index contributed by atoms with van der Waals surface area (Å²) < 4.78 is 0. The SMILES string of the molecule is C=CC(NCCCCCCCCCCCCCCCCC)c1ccccc1. The van der Waals surface area contributed by atoms with Crippen LogP contribution in [0.15, 0.2) is 43.0 Å². The van der Waals surface area contributed by atoms with Crippen LogP contribution < -0.4 is 5.32 Å². The average Bonchev–Trinajstić information content (AvgIpc) is 2.71. The van der Waals surface area contributed by atoms with E-state index in [1.54, 1.807) is 0 Å². The van der Waals surface area contributed by atoms with Crippen LogP contribution >= 0.6 is 0 Å². The van der Waals surface area contributed by atoms with E-state index in [0.717, 1.165) is 6.54 Å². The number of rotatable bonds is 19. The lowest BCUT2D eigenvalue weighted by atomic mass is 10.0. The second-order valence-corrected chi connectivity index (χ2v) is 8.03. The molecule has 0 bridgehead atoms. The molecule has 1 rings (SSSR count). The zero-order valence-electron chi connectivity index (χ0n) is 18.1. The highest BCUT2D eigenvalue weighted by Crippen LogP contribution is 2.15. The minimum Gasteiger partial charge on any atom is -0.307 e. The van der Waals surface area contributed by atoms with Gasteiger partial charge in [0.2, 0.25) is 0 Å². The molecule has 0 heterocycles. The fourth-order valence-electron chi connectivity index (χ4n) is 3.75. The summed E-state index contributed by atoms with van der Waals surface area (Å²) in [7, 11) is 0. The molecule has 27 heavy (non-hydrogen) atoms. The number of hydrogen-bond donors (Lipinski definition) is 1. The fourth-order valence-corrected chi connectivity index (χ4v) is 3.75. The van der Waals surface area contributed by atoms with Gasteiger partial charge in [-0.15, -0.1) is 6.58 Å². The first-order valence-corrected chi connectivity index (χ1v) is 11.8. The van der Waals surface area contributed by atoms with Gasteiger partial charge in [-0.1, -0.05) is 133 Å². The van der Waals surface area contributed by atoms with Gasteiger partial charge in [0.15, 0.2) is 0 Å². The zero-order chi connectivity index (χ0) is 19.4. The van der Waals surface area contributed by atoms with E-state index >= 15 is 0 Å². The summed E-state index contributed by atoms with van der Waals surface area (Å²) in [5.74, 6) is 0. The molecule has 0 aliphatic heterocycles. The van der Waals surface area contributed by atoms with Gasteiger partial charge in [0.05, 0.1) is 6.04 Å². The lowest BCUT2D eigenvalue weighted by Gasteiger charge is -2.15. The monoisotopic (exact) mass is 371 g/mol. The highest BCUT2D eigenvalue weighted by Gasteiger charge is 2.04. The molecule has 1 N–H and O–H groups in total. The fraction of sp³-hybridized carbons (Fsp3) is 0.692. The van der Waals surface area contributed by atoms with Crippen molar-refractivity contribution in [2.75, 3.05) is 6.54 Å². The Bertz CT molecular complexity index is 425. The van der Waals surface area contributed by atoms with Crippen LogP contribution in [-0.4, -0.2) is 6.54 Å². The van der Waals surface area contributed by atoms with E-state index < -0.39 is 0 Å². The van der Waals surface area contributed by atoms with Crippen LogP contribution in [0.2, 0.25) is 0 Å². The van der Waals surface area contributed by atoms with E-state index in [1.165, 1.54) is 102 Å². The van der Waals surface area contributed by atoms with Crippen LogP contribution in [0.5, 0.6) is 0 Å². The summed E-state index contributed by atoms with van der Waals surface area (Å²) in [5, 5.41) is 3.61. The van der Waals surface area contributed by atoms with Gasteiger partial charge in [0, 0.05) is 0 Å². The Morgan fingerprint density at radius 3 is 1.59 bits per heavy atom. The molecule has 0 aromatic heterocycles. The molecule has 0 spiro atoms. The van der Waals surface area contributed by atoms with Crippen molar-refractivity contribution in [3.05, 3.63) is 48.6 Å². The van der Waals surface area contributed by atoms with Crippen LogP contribution in [0.1, 0.15) is 115 Å². The van der Waals surface area contributed by atoms with Crippen molar-refractivity contribution in [3.8, 4) is 0 Å². The maximum absolute atomic E-state index is 3.97. The first kappa shape index (κ1) is 24.0. The summed E-state index contributed by atoms with van der Waals surface area (Å²) in [5.41, 5.74) is 1.31. The third-order valence-electron chi connectivity index (χ3n) is 5.54. The van der Waals surface area contributed by atoms with Crippen molar-refractivity contribution in [1.29, 1.82) is 0 Å². The van der Waals surface area contributed by atoms with Crippen molar-refractivity contribution in [1.82, 2.24) is 5.32 Å². The molecule has 1 nitrogen and oxygen atoms in total. The highest BCUT2D eigenvalue weighted by molar-refractivity contribution is 5.22. The normalized spacial score (nSPS) is 12.2. The maximum atomic E-state index is 3.97. The van der Waals surface area contributed by atoms with Crippen LogP contribution in [0, 0.1) is 0 Å². The second-order valence-electron chi connectivity index (χ2n) is 8.03. The average molecular weight is 372 g/mol. The Labute approximate surface area is 170 Å². The summed E-state index contributed by atoms with van der Waals surface area (Å²) in [6.45, 7) is 7.35. The predicted octanol–water partition coefficient (Wildman–Crippen LogP) is 8.37. The summed E-state index contributed by atoms with van der Waals surface area (Å²) in [4.78, 5) is 0. The predicted molar refractivity (Wildman–Crippen MR) is 122 cm³/mol. The van der Waals surface area contributed by atoms with Crippen molar-refractivity contribution in [3.63, 3.8) is 0 Å². The molecule has 0 amide bonds. The molecule has 1 unspecified atom stereocenters. The Hall–Kier alpha value is -1.08. The largest absolute Gasteiger partial charge is 0.307 e. The van der Waals surface area contributed by atoms with Gasteiger partial charge >= 0.3 is 0 Å². The van der Waals surface area contributed by atoms with Crippen LogP contribution in [0.4, 0.5) is 0 Å². The third-order valence-corrected chi connectivity index (χ3v) is 5.54. The van der Waals surface area contributed by atoms with Gasteiger partial charge in [-0.05, 0) is 18.5 Å². The third kappa shape index (κ3) is 13.7. The molecule has 0 saturated heterocycles.